The number of methoxy groups -OCH3 is 1. The highest BCUT2D eigenvalue weighted by molar-refractivity contribution is 6.01. The molecule has 0 aromatic heterocycles. The summed E-state index contributed by atoms with van der Waals surface area (Å²) >= 11 is 0. The molecular formula is C32H26N2O9. The van der Waals surface area contributed by atoms with E-state index in [9.17, 15) is 24.5 Å². The van der Waals surface area contributed by atoms with Gasteiger partial charge in [-0.3, -0.25) is 24.5 Å². The second kappa shape index (κ2) is 12.9. The number of hydrogen-bond donors (Lipinski definition) is 0. The predicted octanol–water partition coefficient (Wildman–Crippen LogP) is 5.97. The lowest BCUT2D eigenvalue weighted by Crippen LogP contribution is -2.27. The van der Waals surface area contributed by atoms with E-state index in [4.69, 9.17) is 18.9 Å². The van der Waals surface area contributed by atoms with Crippen LogP contribution in [0, 0.1) is 16.0 Å². The first-order valence-electron chi connectivity index (χ1n) is 13.2. The zero-order chi connectivity index (χ0) is 30.3. The van der Waals surface area contributed by atoms with Crippen LogP contribution in [0.1, 0.15) is 16.8 Å². The van der Waals surface area contributed by atoms with Crippen molar-refractivity contribution in [2.75, 3.05) is 25.2 Å². The van der Waals surface area contributed by atoms with Crippen molar-refractivity contribution in [3.8, 4) is 28.7 Å². The third-order valence-electron chi connectivity index (χ3n) is 6.71. The largest absolute Gasteiger partial charge is 0.493 e. The van der Waals surface area contributed by atoms with Crippen molar-refractivity contribution in [2.45, 2.75) is 6.42 Å². The fourth-order valence-corrected chi connectivity index (χ4v) is 4.46. The van der Waals surface area contributed by atoms with E-state index in [0.29, 0.717) is 40.0 Å². The molecule has 0 N–H and O–H groups in total. The van der Waals surface area contributed by atoms with E-state index in [0.717, 1.165) is 0 Å². The number of hydrogen-bond acceptors (Lipinski definition) is 9. The molecule has 0 radical (unpaired) electrons. The van der Waals surface area contributed by atoms with E-state index < -0.39 is 29.2 Å². The number of non-ortho nitro benzene ring substituents is 1. The minimum absolute atomic E-state index is 0.0266. The molecule has 0 aliphatic carbocycles. The van der Waals surface area contributed by atoms with Gasteiger partial charge in [-0.2, -0.15) is 0 Å². The first-order chi connectivity index (χ1) is 20.8. The molecule has 1 saturated heterocycles. The predicted molar refractivity (Wildman–Crippen MR) is 155 cm³/mol. The van der Waals surface area contributed by atoms with Gasteiger partial charge in [-0.05, 0) is 72.8 Å². The molecule has 1 aliphatic rings. The zero-order valence-electron chi connectivity index (χ0n) is 23.0. The van der Waals surface area contributed by atoms with Gasteiger partial charge >= 0.3 is 5.97 Å². The fourth-order valence-electron chi connectivity index (χ4n) is 4.46. The molecule has 1 aliphatic heterocycles. The Balaban J connectivity index is 1.11. The van der Waals surface area contributed by atoms with Gasteiger partial charge in [-0.15, -0.1) is 0 Å². The summed E-state index contributed by atoms with van der Waals surface area (Å²) in [4.78, 5) is 49.8. The molecule has 11 nitrogen and oxygen atoms in total. The lowest BCUT2D eigenvalue weighted by molar-refractivity contribution is -0.384. The molecule has 1 amide bonds. The lowest BCUT2D eigenvalue weighted by atomic mass is 10.1. The number of carbonyl (C=O) groups excluding carboxylic acids is 3. The number of rotatable bonds is 11. The first kappa shape index (κ1) is 28.8. The average Bonchev–Trinajstić information content (AvgIpc) is 3.42. The molecule has 4 aromatic carbocycles. The SMILES string of the molecule is COc1ccccc1Oc1ccc(N2C[C@H](C(=O)OCC(=O)c3ccc(Oc4ccc([N+](=O)[O-])cc4)cc3)CC2=O)cc1. The Morgan fingerprint density at radius 3 is 2.05 bits per heavy atom. The van der Waals surface area contributed by atoms with Gasteiger partial charge in [-0.25, -0.2) is 0 Å². The van der Waals surface area contributed by atoms with Crippen molar-refractivity contribution in [3.63, 3.8) is 0 Å². The number of ether oxygens (including phenoxy) is 4. The lowest BCUT2D eigenvalue weighted by Gasteiger charge is -2.17. The molecule has 0 spiro atoms. The van der Waals surface area contributed by atoms with E-state index in [2.05, 4.69) is 0 Å². The molecule has 1 fully saturated rings. The van der Waals surface area contributed by atoms with Crippen molar-refractivity contribution in [1.29, 1.82) is 0 Å². The van der Waals surface area contributed by atoms with Crippen LogP contribution in [0.5, 0.6) is 28.7 Å². The molecule has 0 saturated carbocycles. The van der Waals surface area contributed by atoms with Crippen LogP contribution in [0.15, 0.2) is 97.1 Å². The van der Waals surface area contributed by atoms with Gasteiger partial charge in [0.1, 0.15) is 17.2 Å². The number of esters is 1. The second-order valence-corrected chi connectivity index (χ2v) is 9.56. The van der Waals surface area contributed by atoms with E-state index in [1.807, 2.05) is 12.1 Å². The van der Waals surface area contributed by atoms with Crippen LogP contribution >= 0.6 is 0 Å². The van der Waals surface area contributed by atoms with Crippen molar-refractivity contribution < 1.29 is 38.3 Å². The summed E-state index contributed by atoms with van der Waals surface area (Å²) in [6.07, 6.45) is -0.0266. The molecule has 1 atom stereocenters. The molecular weight excluding hydrogens is 556 g/mol. The third kappa shape index (κ3) is 6.96. The topological polar surface area (TPSA) is 135 Å². The summed E-state index contributed by atoms with van der Waals surface area (Å²) in [6.45, 7) is -0.339. The number of nitro benzene ring substituents is 1. The Hall–Kier alpha value is -5.71. The fraction of sp³-hybridized carbons (Fsp3) is 0.156. The van der Waals surface area contributed by atoms with Crippen molar-refractivity contribution in [3.05, 3.63) is 113 Å². The minimum Gasteiger partial charge on any atom is -0.493 e. The Morgan fingerprint density at radius 1 is 0.837 bits per heavy atom. The zero-order valence-corrected chi connectivity index (χ0v) is 23.0. The summed E-state index contributed by atoms with van der Waals surface area (Å²) < 4.78 is 22.1. The highest BCUT2D eigenvalue weighted by atomic mass is 16.6. The van der Waals surface area contributed by atoms with Gasteiger partial charge in [0.2, 0.25) is 5.91 Å². The number of amides is 1. The average molecular weight is 583 g/mol. The summed E-state index contributed by atoms with van der Waals surface area (Å²) in [7, 11) is 1.56. The van der Waals surface area contributed by atoms with Gasteiger partial charge in [0.15, 0.2) is 23.9 Å². The number of carbonyl (C=O) groups is 3. The van der Waals surface area contributed by atoms with Crippen LogP contribution < -0.4 is 19.1 Å². The Bertz CT molecular complexity index is 1640. The van der Waals surface area contributed by atoms with Crippen molar-refractivity contribution in [1.82, 2.24) is 0 Å². The third-order valence-corrected chi connectivity index (χ3v) is 6.71. The van der Waals surface area contributed by atoms with E-state index >= 15 is 0 Å². The quantitative estimate of drug-likeness (QED) is 0.0907. The summed E-state index contributed by atoms with van der Waals surface area (Å²) in [6, 6.07) is 25.9. The maximum atomic E-state index is 12.7. The number of ketones is 1. The number of nitrogens with zero attached hydrogens (tertiary/aromatic N) is 2. The van der Waals surface area contributed by atoms with Crippen LogP contribution in [0.25, 0.3) is 0 Å². The monoisotopic (exact) mass is 582 g/mol. The molecule has 0 bridgehead atoms. The smallest absolute Gasteiger partial charge is 0.311 e. The molecule has 1 heterocycles. The van der Waals surface area contributed by atoms with Crippen LogP contribution in [0.2, 0.25) is 0 Å². The normalized spacial score (nSPS) is 14.2. The number of anilines is 1. The summed E-state index contributed by atoms with van der Waals surface area (Å²) in [5.74, 6) is 0.548. The highest BCUT2D eigenvalue weighted by Crippen LogP contribution is 2.33. The number of Topliss-reactive ketones (excluding diaryl/α,β-unsaturated/α-hetero) is 1. The molecule has 218 valence electrons. The Kier molecular flexibility index (Phi) is 8.61. The molecule has 11 heteroatoms. The molecule has 0 unspecified atom stereocenters. The van der Waals surface area contributed by atoms with Gasteiger partial charge in [0, 0.05) is 36.3 Å². The summed E-state index contributed by atoms with van der Waals surface area (Å²) in [5.41, 5.74) is 0.866. The van der Waals surface area contributed by atoms with E-state index in [1.54, 1.807) is 55.6 Å². The molecule has 5 rings (SSSR count). The van der Waals surface area contributed by atoms with E-state index in [1.165, 1.54) is 41.3 Å². The number of benzene rings is 4. The van der Waals surface area contributed by atoms with Crippen LogP contribution in [-0.4, -0.2) is 42.8 Å². The standard InChI is InChI=1S/C32H26N2O9/c1-40-29-4-2-3-5-30(29)43-27-14-8-23(9-15-27)33-19-22(18-31(33)36)32(37)41-20-28(35)21-6-12-25(13-7-21)42-26-16-10-24(11-17-26)34(38)39/h2-17,22H,18-20H2,1H3/t22-/m1/s1. The minimum atomic E-state index is -0.706. The van der Waals surface area contributed by atoms with Crippen molar-refractivity contribution in [2.24, 2.45) is 5.92 Å². The van der Waals surface area contributed by atoms with Gasteiger partial charge < -0.3 is 23.8 Å². The van der Waals surface area contributed by atoms with Gasteiger partial charge in [0.25, 0.3) is 5.69 Å². The number of nitro groups is 1. The molecule has 4 aromatic rings. The Labute approximate surface area is 246 Å². The van der Waals surface area contributed by atoms with E-state index in [-0.39, 0.29) is 24.6 Å². The number of para-hydroxylation sites is 2. The Morgan fingerprint density at radius 2 is 1.42 bits per heavy atom. The van der Waals surface area contributed by atoms with Crippen LogP contribution in [0.4, 0.5) is 11.4 Å². The summed E-state index contributed by atoms with van der Waals surface area (Å²) in [5, 5.41) is 10.8. The maximum Gasteiger partial charge on any atom is 0.311 e. The van der Waals surface area contributed by atoms with Crippen molar-refractivity contribution >= 4 is 29.0 Å². The highest BCUT2D eigenvalue weighted by Gasteiger charge is 2.36. The molecule has 43 heavy (non-hydrogen) atoms. The first-order valence-corrected chi connectivity index (χ1v) is 13.2. The second-order valence-electron chi connectivity index (χ2n) is 9.56. The maximum absolute atomic E-state index is 12.7. The van der Waals surface area contributed by atoms with Gasteiger partial charge in [0.05, 0.1) is 18.0 Å². The van der Waals surface area contributed by atoms with Crippen LogP contribution in [-0.2, 0) is 14.3 Å². The van der Waals surface area contributed by atoms with Crippen LogP contribution in [0.3, 0.4) is 0 Å². The van der Waals surface area contributed by atoms with Gasteiger partial charge in [-0.1, -0.05) is 12.1 Å².